The summed E-state index contributed by atoms with van der Waals surface area (Å²) in [6.45, 7) is 0. The Hall–Kier alpha value is -2.20. The predicted molar refractivity (Wildman–Crippen MR) is 81.9 cm³/mol. The summed E-state index contributed by atoms with van der Waals surface area (Å²) in [5.41, 5.74) is 0.0468. The van der Waals surface area contributed by atoms with Gasteiger partial charge >= 0.3 is 0 Å². The molecule has 1 heterocycles. The van der Waals surface area contributed by atoms with Crippen molar-refractivity contribution in [2.75, 3.05) is 23.4 Å². The van der Waals surface area contributed by atoms with Crippen LogP contribution in [0.1, 0.15) is 0 Å². The average molecular weight is 325 g/mol. The highest BCUT2D eigenvalue weighted by Crippen LogP contribution is 2.26. The molecule has 0 aliphatic rings. The van der Waals surface area contributed by atoms with E-state index in [1.54, 1.807) is 19.2 Å². The summed E-state index contributed by atoms with van der Waals surface area (Å²) in [5.74, 6) is -0.236. The Morgan fingerprint density at radius 3 is 2.86 bits per heavy atom. The number of hydrogen-bond acceptors (Lipinski definition) is 8. The Labute approximate surface area is 128 Å². The van der Waals surface area contributed by atoms with E-state index >= 15 is 0 Å². The van der Waals surface area contributed by atoms with E-state index in [1.165, 1.54) is 35.2 Å². The summed E-state index contributed by atoms with van der Waals surface area (Å²) in [6, 6.07) is 6.00. The maximum atomic E-state index is 11.8. The number of rotatable bonds is 6. The molecule has 10 heteroatoms. The van der Waals surface area contributed by atoms with Gasteiger partial charge in [0.2, 0.25) is 11.0 Å². The van der Waals surface area contributed by atoms with Gasteiger partial charge in [-0.15, -0.1) is 10.2 Å². The van der Waals surface area contributed by atoms with Crippen molar-refractivity contribution in [3.05, 3.63) is 34.4 Å². The number of carbonyl (C=O) groups excluding carboxylic acids is 1. The van der Waals surface area contributed by atoms with E-state index in [2.05, 4.69) is 20.8 Å². The van der Waals surface area contributed by atoms with Crippen molar-refractivity contribution in [3.8, 4) is 0 Å². The highest BCUT2D eigenvalue weighted by atomic mass is 32.2. The minimum Gasteiger partial charge on any atom is -0.363 e. The van der Waals surface area contributed by atoms with Crippen LogP contribution in [0.5, 0.6) is 0 Å². The van der Waals surface area contributed by atoms with E-state index in [9.17, 15) is 14.9 Å². The van der Waals surface area contributed by atoms with Gasteiger partial charge in [0.15, 0.2) is 4.34 Å². The molecule has 0 fully saturated rings. The van der Waals surface area contributed by atoms with Gasteiger partial charge in [0.05, 0.1) is 10.7 Å². The molecule has 0 aliphatic heterocycles. The van der Waals surface area contributed by atoms with Crippen molar-refractivity contribution in [2.45, 2.75) is 4.34 Å². The first-order chi connectivity index (χ1) is 10.1. The van der Waals surface area contributed by atoms with Gasteiger partial charge in [-0.05, 0) is 6.07 Å². The SMILES string of the molecule is CNc1nnc(SCC(=O)Nc2ccccc2[N+](=O)[O-])s1. The first-order valence-electron chi connectivity index (χ1n) is 5.77. The number of amides is 1. The van der Waals surface area contributed by atoms with Crippen molar-refractivity contribution in [1.29, 1.82) is 0 Å². The van der Waals surface area contributed by atoms with Gasteiger partial charge < -0.3 is 10.6 Å². The molecule has 0 radical (unpaired) electrons. The molecule has 1 aromatic carbocycles. The predicted octanol–water partition coefficient (Wildman–Crippen LogP) is 2.22. The van der Waals surface area contributed by atoms with E-state index in [-0.39, 0.29) is 23.0 Å². The molecular formula is C11H11N5O3S2. The molecule has 0 saturated carbocycles. The normalized spacial score (nSPS) is 10.1. The fourth-order valence-corrected chi connectivity index (χ4v) is 2.93. The Morgan fingerprint density at radius 1 is 1.43 bits per heavy atom. The van der Waals surface area contributed by atoms with E-state index in [0.29, 0.717) is 9.47 Å². The monoisotopic (exact) mass is 325 g/mol. The number of carbonyl (C=O) groups is 1. The number of benzene rings is 1. The lowest BCUT2D eigenvalue weighted by Gasteiger charge is -2.04. The molecule has 0 spiro atoms. The van der Waals surface area contributed by atoms with Gasteiger partial charge in [-0.3, -0.25) is 14.9 Å². The minimum absolute atomic E-state index is 0.102. The lowest BCUT2D eigenvalue weighted by atomic mass is 10.2. The molecule has 8 nitrogen and oxygen atoms in total. The Kier molecular flexibility index (Phi) is 5.06. The van der Waals surface area contributed by atoms with Gasteiger partial charge in [0, 0.05) is 13.1 Å². The zero-order valence-electron chi connectivity index (χ0n) is 10.9. The summed E-state index contributed by atoms with van der Waals surface area (Å²) in [4.78, 5) is 22.1. The summed E-state index contributed by atoms with van der Waals surface area (Å²) in [6.07, 6.45) is 0. The van der Waals surface area contributed by atoms with Crippen molar-refractivity contribution in [2.24, 2.45) is 0 Å². The summed E-state index contributed by atoms with van der Waals surface area (Å²) >= 11 is 2.55. The van der Waals surface area contributed by atoms with Crippen LogP contribution in [0.3, 0.4) is 0 Å². The van der Waals surface area contributed by atoms with Crippen LogP contribution >= 0.6 is 23.1 Å². The highest BCUT2D eigenvalue weighted by molar-refractivity contribution is 8.01. The van der Waals surface area contributed by atoms with E-state index in [0.717, 1.165) is 0 Å². The number of thioether (sulfide) groups is 1. The smallest absolute Gasteiger partial charge is 0.292 e. The third kappa shape index (κ3) is 4.13. The third-order valence-corrected chi connectivity index (χ3v) is 4.40. The molecule has 0 aliphatic carbocycles. The Balaban J connectivity index is 1.94. The maximum Gasteiger partial charge on any atom is 0.292 e. The van der Waals surface area contributed by atoms with Crippen molar-refractivity contribution < 1.29 is 9.72 Å². The van der Waals surface area contributed by atoms with Gasteiger partial charge in [-0.1, -0.05) is 35.2 Å². The second kappa shape index (κ2) is 6.99. The van der Waals surface area contributed by atoms with Gasteiger partial charge in [-0.25, -0.2) is 0 Å². The summed E-state index contributed by atoms with van der Waals surface area (Å²) < 4.78 is 0.650. The van der Waals surface area contributed by atoms with Crippen molar-refractivity contribution in [3.63, 3.8) is 0 Å². The third-order valence-electron chi connectivity index (χ3n) is 2.32. The number of nitro benzene ring substituents is 1. The number of para-hydroxylation sites is 2. The zero-order valence-corrected chi connectivity index (χ0v) is 12.5. The van der Waals surface area contributed by atoms with Crippen LogP contribution in [-0.2, 0) is 4.79 Å². The lowest BCUT2D eigenvalue weighted by Crippen LogP contribution is -2.15. The highest BCUT2D eigenvalue weighted by Gasteiger charge is 2.15. The van der Waals surface area contributed by atoms with Gasteiger partial charge in [-0.2, -0.15) is 0 Å². The Bertz CT molecular complexity index is 661. The van der Waals surface area contributed by atoms with Crippen LogP contribution in [0, 0.1) is 10.1 Å². The fourth-order valence-electron chi connectivity index (χ4n) is 1.42. The maximum absolute atomic E-state index is 11.8. The van der Waals surface area contributed by atoms with Crippen molar-refractivity contribution >= 4 is 45.5 Å². The molecule has 0 saturated heterocycles. The topological polar surface area (TPSA) is 110 Å². The summed E-state index contributed by atoms with van der Waals surface area (Å²) in [5, 5.41) is 24.6. The lowest BCUT2D eigenvalue weighted by molar-refractivity contribution is -0.383. The van der Waals surface area contributed by atoms with Crippen molar-refractivity contribution in [1.82, 2.24) is 10.2 Å². The van der Waals surface area contributed by atoms with Gasteiger partial charge in [0.25, 0.3) is 5.69 Å². The molecule has 21 heavy (non-hydrogen) atoms. The standard InChI is InChI=1S/C11H11N5O3S2/c1-12-10-14-15-11(21-10)20-6-9(17)13-7-4-2-3-5-8(7)16(18)19/h2-5H,6H2,1H3,(H,12,14)(H,13,17). The second-order valence-electron chi connectivity index (χ2n) is 3.73. The number of anilines is 2. The summed E-state index contributed by atoms with van der Waals surface area (Å²) in [7, 11) is 1.73. The first kappa shape index (κ1) is 15.2. The largest absolute Gasteiger partial charge is 0.363 e. The van der Waals surface area contributed by atoms with Crippen LogP contribution in [-0.4, -0.2) is 33.8 Å². The number of nitrogens with zero attached hydrogens (tertiary/aromatic N) is 3. The molecule has 2 rings (SSSR count). The second-order valence-corrected chi connectivity index (χ2v) is 5.93. The average Bonchev–Trinajstić information content (AvgIpc) is 2.93. The molecule has 2 aromatic rings. The Morgan fingerprint density at radius 2 is 2.19 bits per heavy atom. The first-order valence-corrected chi connectivity index (χ1v) is 7.57. The number of nitro groups is 1. The van der Waals surface area contributed by atoms with Crippen LogP contribution in [0.15, 0.2) is 28.6 Å². The molecule has 0 atom stereocenters. The van der Waals surface area contributed by atoms with Crippen LogP contribution in [0.4, 0.5) is 16.5 Å². The molecular weight excluding hydrogens is 314 g/mol. The van der Waals surface area contributed by atoms with Crippen LogP contribution in [0.2, 0.25) is 0 Å². The molecule has 1 amide bonds. The van der Waals surface area contributed by atoms with E-state index in [4.69, 9.17) is 0 Å². The number of hydrogen-bond donors (Lipinski definition) is 2. The van der Waals surface area contributed by atoms with Crippen LogP contribution in [0.25, 0.3) is 0 Å². The molecule has 0 unspecified atom stereocenters. The molecule has 0 bridgehead atoms. The van der Waals surface area contributed by atoms with E-state index < -0.39 is 4.92 Å². The van der Waals surface area contributed by atoms with E-state index in [1.807, 2.05) is 0 Å². The number of nitrogens with one attached hydrogen (secondary N) is 2. The van der Waals surface area contributed by atoms with Crippen LogP contribution < -0.4 is 10.6 Å². The fraction of sp³-hybridized carbons (Fsp3) is 0.182. The quantitative estimate of drug-likeness (QED) is 0.476. The molecule has 110 valence electrons. The van der Waals surface area contributed by atoms with Gasteiger partial charge in [0.1, 0.15) is 5.69 Å². The molecule has 1 aromatic heterocycles. The molecule has 2 N–H and O–H groups in total. The number of aromatic nitrogens is 2. The zero-order chi connectivity index (χ0) is 15.2. The minimum atomic E-state index is -0.535.